The third-order valence-corrected chi connectivity index (χ3v) is 6.97. The van der Waals surface area contributed by atoms with Crippen molar-refractivity contribution in [2.24, 2.45) is 0 Å². The molecular formula is C29H31N5O10. The minimum atomic E-state index is -1.32. The largest absolute Gasteiger partial charge is 0.497 e. The van der Waals surface area contributed by atoms with E-state index in [0.717, 1.165) is 12.0 Å². The van der Waals surface area contributed by atoms with Gasteiger partial charge in [0, 0.05) is 30.6 Å². The average molecular weight is 610 g/mol. The molecule has 0 spiro atoms. The molecule has 0 bridgehead atoms. The maximum absolute atomic E-state index is 14.0. The van der Waals surface area contributed by atoms with E-state index in [-0.39, 0.29) is 37.0 Å². The molecule has 1 aromatic heterocycles. The van der Waals surface area contributed by atoms with E-state index in [9.17, 15) is 29.1 Å². The normalized spacial score (nSPS) is 15.3. The third kappa shape index (κ3) is 7.48. The highest BCUT2D eigenvalue weighted by Crippen LogP contribution is 2.21. The second-order valence-corrected chi connectivity index (χ2v) is 9.72. The summed E-state index contributed by atoms with van der Waals surface area (Å²) in [5.74, 6) is -3.04. The summed E-state index contributed by atoms with van der Waals surface area (Å²) in [6, 6.07) is 10.7. The minimum Gasteiger partial charge on any atom is -0.497 e. The molecular weight excluding hydrogens is 578 g/mol. The fourth-order valence-electron chi connectivity index (χ4n) is 4.68. The zero-order valence-electron chi connectivity index (χ0n) is 24.2. The van der Waals surface area contributed by atoms with Crippen LogP contribution in [0.2, 0.25) is 0 Å². The van der Waals surface area contributed by atoms with E-state index in [4.69, 9.17) is 18.7 Å². The van der Waals surface area contributed by atoms with Crippen molar-refractivity contribution in [3.05, 3.63) is 59.7 Å². The van der Waals surface area contributed by atoms with Crippen LogP contribution in [0.1, 0.15) is 22.3 Å². The lowest BCUT2D eigenvalue weighted by Gasteiger charge is -2.41. The van der Waals surface area contributed by atoms with Crippen LogP contribution >= 0.6 is 0 Å². The third-order valence-electron chi connectivity index (χ3n) is 6.97. The van der Waals surface area contributed by atoms with Crippen molar-refractivity contribution in [2.45, 2.75) is 24.9 Å². The first kappa shape index (κ1) is 31.5. The number of carbonyl (C=O) groups is 5. The highest BCUT2D eigenvalue weighted by atomic mass is 16.6. The van der Waals surface area contributed by atoms with Crippen LogP contribution in [0.4, 0.5) is 0 Å². The summed E-state index contributed by atoms with van der Waals surface area (Å²) in [7, 11) is 4.05. The molecule has 2 atom stereocenters. The van der Waals surface area contributed by atoms with Crippen molar-refractivity contribution >= 4 is 29.7 Å². The highest BCUT2D eigenvalue weighted by molar-refractivity contribution is 5.99. The number of benzene rings is 2. The van der Waals surface area contributed by atoms with Crippen LogP contribution in [0, 0.1) is 0 Å². The Bertz CT molecular complexity index is 1510. The number of aromatic nitrogens is 2. The molecule has 2 N–H and O–H groups in total. The van der Waals surface area contributed by atoms with Gasteiger partial charge in [-0.1, -0.05) is 29.4 Å². The number of methoxy groups -OCH3 is 3. The van der Waals surface area contributed by atoms with Crippen LogP contribution in [0.15, 0.2) is 53.1 Å². The molecule has 3 aromatic rings. The number of ether oxygens (including phenoxy) is 3. The molecule has 0 radical (unpaired) electrons. The molecule has 2 heterocycles. The van der Waals surface area contributed by atoms with E-state index in [2.05, 4.69) is 15.5 Å². The quantitative estimate of drug-likeness (QED) is 0.275. The van der Waals surface area contributed by atoms with E-state index in [0.29, 0.717) is 16.9 Å². The molecule has 2 aromatic carbocycles. The van der Waals surface area contributed by atoms with E-state index >= 15 is 0 Å². The monoisotopic (exact) mass is 609 g/mol. The minimum absolute atomic E-state index is 0.0190. The summed E-state index contributed by atoms with van der Waals surface area (Å²) in [4.78, 5) is 70.5. The second kappa shape index (κ2) is 14.1. The average Bonchev–Trinajstić information content (AvgIpc) is 3.52. The number of hydrogen-bond acceptors (Lipinski definition) is 11. The van der Waals surface area contributed by atoms with Gasteiger partial charge in [-0.15, -0.1) is 0 Å². The fourth-order valence-corrected chi connectivity index (χ4v) is 4.68. The van der Waals surface area contributed by atoms with E-state index in [1.807, 2.05) is 0 Å². The summed E-state index contributed by atoms with van der Waals surface area (Å²) in [6.45, 7) is -0.714. The summed E-state index contributed by atoms with van der Waals surface area (Å²) >= 11 is 0. The second-order valence-electron chi connectivity index (χ2n) is 9.72. The number of esters is 1. The van der Waals surface area contributed by atoms with Gasteiger partial charge < -0.3 is 34.4 Å². The number of nitrogens with one attached hydrogen (secondary N) is 1. The van der Waals surface area contributed by atoms with Gasteiger partial charge in [0.15, 0.2) is 0 Å². The molecule has 15 nitrogen and oxygen atoms in total. The summed E-state index contributed by atoms with van der Waals surface area (Å²) in [5, 5.41) is 15.8. The summed E-state index contributed by atoms with van der Waals surface area (Å²) in [5.41, 5.74) is 1.47. The van der Waals surface area contributed by atoms with Gasteiger partial charge in [-0.2, -0.15) is 4.98 Å². The Labute approximate surface area is 251 Å². The number of hydrogen-bond donors (Lipinski definition) is 2. The Hall–Kier alpha value is -5.47. The van der Waals surface area contributed by atoms with Gasteiger partial charge in [0.05, 0.1) is 27.8 Å². The summed E-state index contributed by atoms with van der Waals surface area (Å²) < 4.78 is 19.8. The molecule has 1 saturated heterocycles. The van der Waals surface area contributed by atoms with Gasteiger partial charge in [0.25, 0.3) is 5.91 Å². The van der Waals surface area contributed by atoms with Gasteiger partial charge in [-0.25, -0.2) is 0 Å². The maximum Gasteiger partial charge on any atom is 0.417 e. The molecule has 0 aliphatic carbocycles. The van der Waals surface area contributed by atoms with E-state index < -0.39 is 54.7 Å². The maximum atomic E-state index is 14.0. The van der Waals surface area contributed by atoms with Crippen LogP contribution in [0.3, 0.4) is 0 Å². The topological polar surface area (TPSA) is 191 Å². The molecule has 15 heteroatoms. The number of aliphatic carboxylic acids is 1. The fraction of sp³-hybridized carbons (Fsp3) is 0.345. The molecule has 3 amide bonds. The van der Waals surface area contributed by atoms with Crippen LogP contribution in [-0.2, 0) is 30.3 Å². The number of rotatable bonds is 12. The van der Waals surface area contributed by atoms with Gasteiger partial charge in [0.1, 0.15) is 24.4 Å². The van der Waals surface area contributed by atoms with Crippen molar-refractivity contribution in [1.29, 1.82) is 0 Å². The van der Waals surface area contributed by atoms with Gasteiger partial charge in [-0.3, -0.25) is 28.5 Å². The lowest BCUT2D eigenvalue weighted by Crippen LogP contribution is -2.63. The Morgan fingerprint density at radius 2 is 1.73 bits per heavy atom. The lowest BCUT2D eigenvalue weighted by atomic mass is 10.0. The predicted octanol–water partition coefficient (Wildman–Crippen LogP) is 0.782. The van der Waals surface area contributed by atoms with Gasteiger partial charge in [-0.05, 0) is 29.8 Å². The van der Waals surface area contributed by atoms with E-state index in [1.165, 1.54) is 31.3 Å². The first-order valence-electron chi connectivity index (χ1n) is 13.4. The lowest BCUT2D eigenvalue weighted by molar-refractivity contribution is -0.159. The van der Waals surface area contributed by atoms with Crippen molar-refractivity contribution in [3.8, 4) is 23.2 Å². The Morgan fingerprint density at radius 3 is 2.32 bits per heavy atom. The van der Waals surface area contributed by atoms with Crippen molar-refractivity contribution < 1.29 is 47.8 Å². The van der Waals surface area contributed by atoms with Crippen molar-refractivity contribution in [3.63, 3.8) is 0 Å². The highest BCUT2D eigenvalue weighted by Gasteiger charge is 2.42. The smallest absolute Gasteiger partial charge is 0.417 e. The Morgan fingerprint density at radius 1 is 1.02 bits per heavy atom. The van der Waals surface area contributed by atoms with Crippen LogP contribution < -0.4 is 14.8 Å². The van der Waals surface area contributed by atoms with Crippen molar-refractivity contribution in [1.82, 2.24) is 25.3 Å². The first-order valence-corrected chi connectivity index (χ1v) is 13.4. The molecule has 4 rings (SSSR count). The molecule has 0 unspecified atom stereocenters. The SMILES string of the molecule is COC(=O)C[C@H]1C(=O)N(CC(=O)O)CCN1C(=O)[C@H](Cc1ccc(OC)cc1)NC(=O)c1ccc(-c2noc(OC)n2)cc1. The molecule has 0 saturated carbocycles. The van der Waals surface area contributed by atoms with Crippen LogP contribution in [0.25, 0.3) is 11.4 Å². The first-order chi connectivity index (χ1) is 21.1. The molecule has 1 aliphatic heterocycles. The number of nitrogens with zero attached hydrogens (tertiary/aromatic N) is 4. The van der Waals surface area contributed by atoms with E-state index in [1.54, 1.807) is 36.4 Å². The van der Waals surface area contributed by atoms with Crippen molar-refractivity contribution in [2.75, 3.05) is 41.0 Å². The number of amides is 3. The van der Waals surface area contributed by atoms with Crippen LogP contribution in [-0.4, -0.2) is 108 Å². The van der Waals surface area contributed by atoms with Gasteiger partial charge >= 0.3 is 18.0 Å². The Balaban J connectivity index is 1.60. The van der Waals surface area contributed by atoms with Gasteiger partial charge in [0.2, 0.25) is 17.6 Å². The Kier molecular flexibility index (Phi) is 10.1. The number of carbonyl (C=O) groups excluding carboxylic acids is 4. The zero-order valence-corrected chi connectivity index (χ0v) is 24.2. The number of carboxylic acid groups (broad SMARTS) is 1. The molecule has 1 aliphatic rings. The predicted molar refractivity (Wildman–Crippen MR) is 151 cm³/mol. The number of carboxylic acids is 1. The standard InChI is InChI=1S/C29H31N5O10/c1-41-20-10-4-17(5-11-20)14-21(30-26(38)19-8-6-18(7-9-19)25-31-29(43-3)44-32-25)27(39)34-13-12-33(16-23(35)36)28(40)22(34)15-24(37)42-2/h4-11,21-22H,12-16H2,1-3H3,(H,30,38)(H,35,36)/t21-,22-/m0/s1. The summed E-state index contributed by atoms with van der Waals surface area (Å²) in [6.07, 6.45) is -0.457. The molecule has 232 valence electrons. The molecule has 44 heavy (non-hydrogen) atoms. The molecule has 1 fully saturated rings. The zero-order chi connectivity index (χ0) is 31.8. The van der Waals surface area contributed by atoms with Crippen LogP contribution in [0.5, 0.6) is 11.8 Å². The number of piperazine rings is 1.